The van der Waals surface area contributed by atoms with Crippen LogP contribution in [0.4, 0.5) is 0 Å². The SMILES string of the molecule is CC#CC(O)c1ccc(C)cc1. The van der Waals surface area contributed by atoms with Crippen LogP contribution in [0.5, 0.6) is 0 Å². The number of aliphatic hydroxyl groups excluding tert-OH is 1. The summed E-state index contributed by atoms with van der Waals surface area (Å²) in [6, 6.07) is 7.72. The fourth-order valence-corrected chi connectivity index (χ4v) is 0.969. The van der Waals surface area contributed by atoms with Gasteiger partial charge >= 0.3 is 0 Å². The fraction of sp³-hybridized carbons (Fsp3) is 0.273. The summed E-state index contributed by atoms with van der Waals surface area (Å²) in [6.45, 7) is 3.74. The molecule has 1 nitrogen and oxygen atoms in total. The lowest BCUT2D eigenvalue weighted by atomic mass is 10.1. The summed E-state index contributed by atoms with van der Waals surface area (Å²) in [7, 11) is 0. The minimum atomic E-state index is -0.643. The summed E-state index contributed by atoms with van der Waals surface area (Å²) in [6.07, 6.45) is -0.643. The van der Waals surface area contributed by atoms with E-state index in [1.807, 2.05) is 31.2 Å². The molecule has 1 heteroatoms. The van der Waals surface area contributed by atoms with Crippen LogP contribution in [0, 0.1) is 18.8 Å². The van der Waals surface area contributed by atoms with Gasteiger partial charge in [-0.2, -0.15) is 0 Å². The quantitative estimate of drug-likeness (QED) is 0.623. The highest BCUT2D eigenvalue weighted by atomic mass is 16.3. The van der Waals surface area contributed by atoms with Crippen molar-refractivity contribution in [3.05, 3.63) is 35.4 Å². The summed E-state index contributed by atoms with van der Waals surface area (Å²) >= 11 is 0. The molecule has 1 aromatic carbocycles. The van der Waals surface area contributed by atoms with E-state index in [2.05, 4.69) is 11.8 Å². The molecule has 0 amide bonds. The van der Waals surface area contributed by atoms with Crippen molar-refractivity contribution in [3.8, 4) is 11.8 Å². The highest BCUT2D eigenvalue weighted by Gasteiger charge is 2.00. The predicted octanol–water partition coefficient (Wildman–Crippen LogP) is 2.05. The van der Waals surface area contributed by atoms with Gasteiger partial charge in [-0.15, -0.1) is 5.92 Å². The van der Waals surface area contributed by atoms with Gasteiger partial charge in [0.25, 0.3) is 0 Å². The van der Waals surface area contributed by atoms with E-state index < -0.39 is 6.10 Å². The molecule has 0 heterocycles. The third-order valence-electron chi connectivity index (χ3n) is 1.67. The van der Waals surface area contributed by atoms with E-state index in [0.29, 0.717) is 0 Å². The van der Waals surface area contributed by atoms with Crippen molar-refractivity contribution in [1.82, 2.24) is 0 Å². The molecule has 0 radical (unpaired) electrons. The number of aryl methyl sites for hydroxylation is 1. The Morgan fingerprint density at radius 2 is 1.83 bits per heavy atom. The first-order valence-electron chi connectivity index (χ1n) is 3.91. The van der Waals surface area contributed by atoms with Gasteiger partial charge in [0.1, 0.15) is 6.10 Å². The van der Waals surface area contributed by atoms with E-state index in [9.17, 15) is 5.11 Å². The normalized spacial score (nSPS) is 11.6. The first-order valence-corrected chi connectivity index (χ1v) is 3.91. The van der Waals surface area contributed by atoms with Crippen molar-refractivity contribution in [3.63, 3.8) is 0 Å². The van der Waals surface area contributed by atoms with Crippen molar-refractivity contribution in [2.24, 2.45) is 0 Å². The van der Waals surface area contributed by atoms with Gasteiger partial charge < -0.3 is 5.11 Å². The van der Waals surface area contributed by atoms with Crippen molar-refractivity contribution in [1.29, 1.82) is 0 Å². The first-order chi connectivity index (χ1) is 5.74. The maximum absolute atomic E-state index is 9.44. The van der Waals surface area contributed by atoms with Crippen LogP contribution in [0.1, 0.15) is 24.2 Å². The monoisotopic (exact) mass is 160 g/mol. The molecule has 0 spiro atoms. The minimum absolute atomic E-state index is 0.643. The third-order valence-corrected chi connectivity index (χ3v) is 1.67. The van der Waals surface area contributed by atoms with E-state index in [4.69, 9.17) is 0 Å². The van der Waals surface area contributed by atoms with E-state index in [1.165, 1.54) is 5.56 Å². The number of hydrogen-bond acceptors (Lipinski definition) is 1. The van der Waals surface area contributed by atoms with Gasteiger partial charge in [0.15, 0.2) is 0 Å². The van der Waals surface area contributed by atoms with E-state index in [1.54, 1.807) is 6.92 Å². The highest BCUT2D eigenvalue weighted by molar-refractivity contribution is 5.27. The average Bonchev–Trinajstić information content (AvgIpc) is 2.06. The van der Waals surface area contributed by atoms with E-state index in [0.717, 1.165) is 5.56 Å². The van der Waals surface area contributed by atoms with Crippen molar-refractivity contribution < 1.29 is 5.11 Å². The maximum atomic E-state index is 9.44. The largest absolute Gasteiger partial charge is 0.376 e. The lowest BCUT2D eigenvalue weighted by Gasteiger charge is -2.02. The second-order valence-electron chi connectivity index (χ2n) is 2.71. The lowest BCUT2D eigenvalue weighted by molar-refractivity contribution is 0.238. The number of hydrogen-bond donors (Lipinski definition) is 1. The Morgan fingerprint density at radius 3 is 2.33 bits per heavy atom. The summed E-state index contributed by atoms with van der Waals surface area (Å²) in [5, 5.41) is 9.44. The Bertz CT molecular complexity index is 300. The fourth-order valence-electron chi connectivity index (χ4n) is 0.969. The van der Waals surface area contributed by atoms with Crippen LogP contribution in [0.2, 0.25) is 0 Å². The Labute approximate surface area is 73.0 Å². The molecule has 0 saturated carbocycles. The van der Waals surface area contributed by atoms with E-state index >= 15 is 0 Å². The predicted molar refractivity (Wildman–Crippen MR) is 49.6 cm³/mol. The van der Waals surface area contributed by atoms with Gasteiger partial charge in [0, 0.05) is 0 Å². The molecule has 1 rings (SSSR count). The molecule has 0 aromatic heterocycles. The zero-order chi connectivity index (χ0) is 8.97. The van der Waals surface area contributed by atoms with Crippen LogP contribution < -0.4 is 0 Å². The molecule has 0 saturated heterocycles. The van der Waals surface area contributed by atoms with Crippen LogP contribution in [-0.4, -0.2) is 5.11 Å². The number of aliphatic hydroxyl groups is 1. The Balaban J connectivity index is 2.87. The molecule has 1 unspecified atom stereocenters. The Hall–Kier alpha value is -1.26. The molecule has 62 valence electrons. The smallest absolute Gasteiger partial charge is 0.140 e. The zero-order valence-corrected chi connectivity index (χ0v) is 7.33. The third kappa shape index (κ3) is 2.11. The molecule has 1 aromatic rings. The second kappa shape index (κ2) is 3.94. The number of benzene rings is 1. The van der Waals surface area contributed by atoms with Gasteiger partial charge in [-0.1, -0.05) is 35.7 Å². The van der Waals surface area contributed by atoms with Gasteiger partial charge in [-0.05, 0) is 19.4 Å². The molecule has 1 N–H and O–H groups in total. The van der Waals surface area contributed by atoms with Crippen LogP contribution in [0.3, 0.4) is 0 Å². The van der Waals surface area contributed by atoms with Crippen LogP contribution in [0.25, 0.3) is 0 Å². The minimum Gasteiger partial charge on any atom is -0.376 e. The van der Waals surface area contributed by atoms with E-state index in [-0.39, 0.29) is 0 Å². The van der Waals surface area contributed by atoms with Crippen molar-refractivity contribution in [2.45, 2.75) is 20.0 Å². The van der Waals surface area contributed by atoms with Crippen molar-refractivity contribution >= 4 is 0 Å². The molecule has 0 aliphatic carbocycles. The van der Waals surface area contributed by atoms with Gasteiger partial charge in [0.2, 0.25) is 0 Å². The summed E-state index contributed by atoms with van der Waals surface area (Å²) in [5.41, 5.74) is 2.05. The van der Waals surface area contributed by atoms with Crippen molar-refractivity contribution in [2.75, 3.05) is 0 Å². The Morgan fingerprint density at radius 1 is 1.25 bits per heavy atom. The molecular weight excluding hydrogens is 148 g/mol. The molecule has 0 bridgehead atoms. The standard InChI is InChI=1S/C11H12O/c1-3-4-11(12)10-7-5-9(2)6-8-10/h5-8,11-12H,1-2H3. The Kier molecular flexibility index (Phi) is 2.90. The zero-order valence-electron chi connectivity index (χ0n) is 7.33. The van der Waals surface area contributed by atoms with Gasteiger partial charge in [-0.3, -0.25) is 0 Å². The molecular formula is C11H12O. The molecule has 0 aliphatic rings. The van der Waals surface area contributed by atoms with Crippen LogP contribution in [0.15, 0.2) is 24.3 Å². The van der Waals surface area contributed by atoms with Crippen LogP contribution >= 0.6 is 0 Å². The van der Waals surface area contributed by atoms with Crippen LogP contribution in [-0.2, 0) is 0 Å². The second-order valence-corrected chi connectivity index (χ2v) is 2.71. The highest BCUT2D eigenvalue weighted by Crippen LogP contribution is 2.11. The number of rotatable bonds is 1. The first kappa shape index (κ1) is 8.83. The maximum Gasteiger partial charge on any atom is 0.140 e. The molecule has 0 fully saturated rings. The molecule has 0 aliphatic heterocycles. The summed E-state index contributed by atoms with van der Waals surface area (Å²) in [5.74, 6) is 5.37. The molecule has 1 atom stereocenters. The average molecular weight is 160 g/mol. The molecule has 12 heavy (non-hydrogen) atoms. The summed E-state index contributed by atoms with van der Waals surface area (Å²) < 4.78 is 0. The van der Waals surface area contributed by atoms with Gasteiger partial charge in [0.05, 0.1) is 0 Å². The topological polar surface area (TPSA) is 20.2 Å². The van der Waals surface area contributed by atoms with Gasteiger partial charge in [-0.25, -0.2) is 0 Å². The lowest BCUT2D eigenvalue weighted by Crippen LogP contribution is -1.92. The summed E-state index contributed by atoms with van der Waals surface area (Å²) in [4.78, 5) is 0.